The van der Waals surface area contributed by atoms with Crippen LogP contribution < -0.4 is 10.1 Å². The van der Waals surface area contributed by atoms with Crippen molar-refractivity contribution in [1.82, 2.24) is 0 Å². The van der Waals surface area contributed by atoms with Gasteiger partial charge in [-0.25, -0.2) is 0 Å². The summed E-state index contributed by atoms with van der Waals surface area (Å²) in [6.07, 6.45) is 0. The van der Waals surface area contributed by atoms with E-state index in [1.54, 1.807) is 18.2 Å². The Kier molecular flexibility index (Phi) is 8.06. The van der Waals surface area contributed by atoms with Gasteiger partial charge in [0.05, 0.1) is 16.0 Å². The minimum atomic E-state index is -0.626. The highest BCUT2D eigenvalue weighted by Crippen LogP contribution is 2.63. The average molecular weight is 733 g/mol. The molecule has 0 saturated heterocycles. The monoisotopic (exact) mass is 732 g/mol. The van der Waals surface area contributed by atoms with Crippen LogP contribution in [-0.4, -0.2) is 4.92 Å². The number of hydrogen-bond acceptors (Lipinski definition) is 4. The predicted molar refractivity (Wildman–Crippen MR) is 228 cm³/mol. The number of nitrogens with one attached hydrogen (secondary N) is 1. The second-order valence-corrected chi connectivity index (χ2v) is 17.0. The molecule has 1 aliphatic carbocycles. The Labute approximate surface area is 328 Å². The van der Waals surface area contributed by atoms with Gasteiger partial charge >= 0.3 is 0 Å². The number of nitro groups is 1. The van der Waals surface area contributed by atoms with Crippen LogP contribution in [0.2, 0.25) is 0 Å². The third-order valence-electron chi connectivity index (χ3n) is 11.6. The van der Waals surface area contributed by atoms with Crippen molar-refractivity contribution in [2.24, 2.45) is 0 Å². The molecule has 0 bridgehead atoms. The molecule has 276 valence electrons. The maximum Gasteiger partial charge on any atom is 0.292 e. The third-order valence-corrected chi connectivity index (χ3v) is 11.6. The van der Waals surface area contributed by atoms with E-state index in [4.69, 9.17) is 4.74 Å². The fourth-order valence-corrected chi connectivity index (χ4v) is 8.80. The van der Waals surface area contributed by atoms with Crippen LogP contribution in [0.4, 0.5) is 17.1 Å². The van der Waals surface area contributed by atoms with E-state index < -0.39 is 5.41 Å². The molecule has 0 aromatic heterocycles. The number of para-hydroxylation sites is 5. The number of nitrogens with zero attached hydrogens (tertiary/aromatic N) is 1. The molecule has 0 saturated carbocycles. The second kappa shape index (κ2) is 12.8. The topological polar surface area (TPSA) is 64.4 Å². The summed E-state index contributed by atoms with van der Waals surface area (Å²) in [6.45, 7) is 13.5. The van der Waals surface area contributed by atoms with Crippen LogP contribution in [0.3, 0.4) is 0 Å². The van der Waals surface area contributed by atoms with Crippen molar-refractivity contribution >= 4 is 17.1 Å². The highest BCUT2D eigenvalue weighted by atomic mass is 16.6. The molecule has 2 aliphatic rings. The summed E-state index contributed by atoms with van der Waals surface area (Å²) in [5.41, 5.74) is 13.8. The highest BCUT2D eigenvalue weighted by molar-refractivity contribution is 6.02. The van der Waals surface area contributed by atoms with Gasteiger partial charge in [0.2, 0.25) is 0 Å². The lowest BCUT2D eigenvalue weighted by Crippen LogP contribution is -2.32. The minimum Gasteiger partial charge on any atom is -0.457 e. The van der Waals surface area contributed by atoms with Gasteiger partial charge in [0.25, 0.3) is 5.69 Å². The van der Waals surface area contributed by atoms with E-state index in [1.165, 1.54) is 22.3 Å². The number of rotatable bonds is 5. The molecule has 0 atom stereocenters. The Morgan fingerprint density at radius 3 is 1.68 bits per heavy atom. The molecule has 1 heterocycles. The van der Waals surface area contributed by atoms with Crippen LogP contribution in [0.25, 0.3) is 33.4 Å². The van der Waals surface area contributed by atoms with Crippen molar-refractivity contribution in [3.8, 4) is 44.9 Å². The maximum atomic E-state index is 12.5. The fourth-order valence-electron chi connectivity index (χ4n) is 8.80. The van der Waals surface area contributed by atoms with Crippen LogP contribution in [0.15, 0.2) is 152 Å². The van der Waals surface area contributed by atoms with Crippen LogP contribution in [0, 0.1) is 10.1 Å². The van der Waals surface area contributed by atoms with Gasteiger partial charge in [-0.05, 0) is 73.5 Å². The van der Waals surface area contributed by atoms with Crippen molar-refractivity contribution in [2.45, 2.75) is 57.8 Å². The molecule has 7 aromatic carbocycles. The van der Waals surface area contributed by atoms with Gasteiger partial charge in [-0.15, -0.1) is 0 Å². The molecule has 0 fully saturated rings. The zero-order valence-corrected chi connectivity index (χ0v) is 32.6. The first-order valence-electron chi connectivity index (χ1n) is 19.3. The van der Waals surface area contributed by atoms with Gasteiger partial charge in [-0.1, -0.05) is 169 Å². The number of nitro benzene ring substituents is 1. The van der Waals surface area contributed by atoms with E-state index in [2.05, 4.69) is 162 Å². The van der Waals surface area contributed by atoms with Crippen LogP contribution in [0.5, 0.6) is 11.5 Å². The smallest absolute Gasteiger partial charge is 0.292 e. The van der Waals surface area contributed by atoms with E-state index >= 15 is 0 Å². The predicted octanol–water partition coefficient (Wildman–Crippen LogP) is 13.7. The summed E-state index contributed by atoms with van der Waals surface area (Å²) in [6, 6.07) is 52.3. The Morgan fingerprint density at radius 1 is 0.536 bits per heavy atom. The Bertz CT molecular complexity index is 2640. The maximum absolute atomic E-state index is 12.5. The number of ether oxygens (including phenoxy) is 1. The van der Waals surface area contributed by atoms with Gasteiger partial charge in [-0.3, -0.25) is 10.1 Å². The molecule has 56 heavy (non-hydrogen) atoms. The number of benzene rings is 7. The summed E-state index contributed by atoms with van der Waals surface area (Å²) in [4.78, 5) is 12.1. The average Bonchev–Trinajstić information content (AvgIpc) is 3.48. The molecule has 7 aromatic rings. The standard InChI is InChI=1S/C51H44N2O3/c1-49(2,3)33-29-32(30-34(31-33)50(4,5)6)35-18-15-20-37(48(35)52-43-25-11-12-26-44(43)53(54)55)36-19-16-24-42-47(36)38-17-7-8-21-39(38)51(42)40-22-9-13-27-45(40)56-46-28-14-10-23-41(46)51/h7-31,52H,1-6H3. The first-order valence-corrected chi connectivity index (χ1v) is 19.3. The van der Waals surface area contributed by atoms with Gasteiger partial charge in [0.1, 0.15) is 17.2 Å². The van der Waals surface area contributed by atoms with E-state index in [9.17, 15) is 10.1 Å². The summed E-state index contributed by atoms with van der Waals surface area (Å²) >= 11 is 0. The SMILES string of the molecule is CC(C)(C)c1cc(-c2cccc(-c3cccc4c3-c3ccccc3C43c4ccccc4Oc4ccccc43)c2Nc2ccccc2[N+](=O)[O-])cc(C(C)(C)C)c1. The highest BCUT2D eigenvalue weighted by Gasteiger charge is 2.51. The lowest BCUT2D eigenvalue weighted by Gasteiger charge is -2.39. The fraction of sp³-hybridized carbons (Fsp3) is 0.176. The van der Waals surface area contributed by atoms with Crippen molar-refractivity contribution in [1.29, 1.82) is 0 Å². The summed E-state index contributed by atoms with van der Waals surface area (Å²) < 4.78 is 6.59. The van der Waals surface area contributed by atoms with Gasteiger partial charge in [0, 0.05) is 28.3 Å². The second-order valence-electron chi connectivity index (χ2n) is 17.0. The zero-order valence-electron chi connectivity index (χ0n) is 32.6. The first-order chi connectivity index (χ1) is 26.9. The molecule has 0 radical (unpaired) electrons. The van der Waals surface area contributed by atoms with Crippen LogP contribution in [0.1, 0.15) is 74.9 Å². The van der Waals surface area contributed by atoms with Crippen molar-refractivity contribution in [3.05, 3.63) is 195 Å². The lowest BCUT2D eigenvalue weighted by atomic mass is 9.66. The zero-order chi connectivity index (χ0) is 39.0. The van der Waals surface area contributed by atoms with Gasteiger partial charge in [-0.2, -0.15) is 0 Å². The third kappa shape index (κ3) is 5.44. The summed E-state index contributed by atoms with van der Waals surface area (Å²) in [5.74, 6) is 1.68. The van der Waals surface area contributed by atoms with E-state index in [1.807, 2.05) is 18.2 Å². The molecule has 1 aliphatic heterocycles. The molecule has 1 N–H and O–H groups in total. The van der Waals surface area contributed by atoms with Crippen molar-refractivity contribution < 1.29 is 9.66 Å². The Morgan fingerprint density at radius 2 is 1.04 bits per heavy atom. The van der Waals surface area contributed by atoms with Crippen molar-refractivity contribution in [3.63, 3.8) is 0 Å². The van der Waals surface area contributed by atoms with Crippen LogP contribution >= 0.6 is 0 Å². The molecule has 0 unspecified atom stereocenters. The Balaban J connectivity index is 1.37. The lowest BCUT2D eigenvalue weighted by molar-refractivity contribution is -0.383. The molecule has 5 heteroatoms. The molecular weight excluding hydrogens is 689 g/mol. The van der Waals surface area contributed by atoms with Gasteiger partial charge in [0.15, 0.2) is 0 Å². The minimum absolute atomic E-state index is 0.0186. The largest absolute Gasteiger partial charge is 0.457 e. The molecule has 1 spiro atoms. The number of hydrogen-bond donors (Lipinski definition) is 1. The normalized spacial score (nSPS) is 13.6. The van der Waals surface area contributed by atoms with E-state index in [0.29, 0.717) is 5.69 Å². The quantitative estimate of drug-likeness (QED) is 0.141. The van der Waals surface area contributed by atoms with E-state index in [-0.39, 0.29) is 21.4 Å². The van der Waals surface area contributed by atoms with Crippen LogP contribution in [-0.2, 0) is 16.2 Å². The Hall–Kier alpha value is -6.46. The molecule has 0 amide bonds. The first kappa shape index (κ1) is 35.3. The van der Waals surface area contributed by atoms with E-state index in [0.717, 1.165) is 61.7 Å². The van der Waals surface area contributed by atoms with Gasteiger partial charge < -0.3 is 10.1 Å². The summed E-state index contributed by atoms with van der Waals surface area (Å²) in [7, 11) is 0. The summed E-state index contributed by atoms with van der Waals surface area (Å²) in [5, 5.41) is 16.1. The number of fused-ring (bicyclic) bond motifs is 9. The molecule has 5 nitrogen and oxygen atoms in total. The van der Waals surface area contributed by atoms with Crippen molar-refractivity contribution in [2.75, 3.05) is 5.32 Å². The molecule has 9 rings (SSSR count). The molecular formula is C51H44N2O3. The number of anilines is 2.